The monoisotopic (exact) mass is 397 g/mol. The van der Waals surface area contributed by atoms with E-state index in [1.807, 2.05) is 21.0 Å². The van der Waals surface area contributed by atoms with Gasteiger partial charge in [-0.1, -0.05) is 13.8 Å². The average Bonchev–Trinajstić information content (AvgIpc) is 3.11. The van der Waals surface area contributed by atoms with Crippen molar-refractivity contribution in [3.8, 4) is 0 Å². The van der Waals surface area contributed by atoms with Crippen LogP contribution in [0.25, 0.3) is 0 Å². The fourth-order valence-electron chi connectivity index (χ4n) is 3.63. The molecule has 0 aromatic rings. The number of carbonyl (C=O) groups is 1. The van der Waals surface area contributed by atoms with E-state index in [2.05, 4.69) is 36.3 Å². The second-order valence-electron chi connectivity index (χ2n) is 7.99. The van der Waals surface area contributed by atoms with Crippen molar-refractivity contribution < 1.29 is 9.53 Å². The molecule has 0 saturated carbocycles. The van der Waals surface area contributed by atoms with E-state index in [4.69, 9.17) is 9.73 Å². The lowest BCUT2D eigenvalue weighted by molar-refractivity contribution is -0.133. The van der Waals surface area contributed by atoms with Crippen molar-refractivity contribution in [2.45, 2.75) is 65.5 Å². The Morgan fingerprint density at radius 2 is 2.04 bits per heavy atom. The Labute approximate surface area is 172 Å². The molecule has 1 rings (SSSR count). The zero-order valence-corrected chi connectivity index (χ0v) is 19.0. The average molecular weight is 398 g/mol. The minimum Gasteiger partial charge on any atom is -0.378 e. The van der Waals surface area contributed by atoms with Crippen LogP contribution in [-0.4, -0.2) is 87.2 Å². The molecule has 28 heavy (non-hydrogen) atoms. The lowest BCUT2D eigenvalue weighted by atomic mass is 10.0. The van der Waals surface area contributed by atoms with Crippen molar-refractivity contribution in [3.63, 3.8) is 0 Å². The van der Waals surface area contributed by atoms with Gasteiger partial charge in [0, 0.05) is 46.9 Å². The third kappa shape index (κ3) is 8.78. The van der Waals surface area contributed by atoms with E-state index < -0.39 is 0 Å². The number of nitrogens with one attached hydrogen (secondary N) is 2. The second kappa shape index (κ2) is 13.8. The Morgan fingerprint density at radius 1 is 1.29 bits per heavy atom. The van der Waals surface area contributed by atoms with Crippen LogP contribution >= 0.6 is 0 Å². The van der Waals surface area contributed by atoms with Crippen LogP contribution in [0.15, 0.2) is 4.99 Å². The molecule has 1 amide bonds. The molecule has 1 saturated heterocycles. The smallest absolute Gasteiger partial charge is 0.239 e. The number of hydrogen-bond acceptors (Lipinski definition) is 4. The summed E-state index contributed by atoms with van der Waals surface area (Å²) in [5.41, 5.74) is 0. The van der Waals surface area contributed by atoms with Crippen molar-refractivity contribution in [2.75, 3.05) is 53.4 Å². The van der Waals surface area contributed by atoms with Crippen LogP contribution in [-0.2, 0) is 9.53 Å². The normalized spacial score (nSPS) is 19.1. The largest absolute Gasteiger partial charge is 0.378 e. The highest BCUT2D eigenvalue weighted by atomic mass is 16.5. The number of likely N-dealkylation sites (N-methyl/N-ethyl adjacent to an activating group) is 1. The summed E-state index contributed by atoms with van der Waals surface area (Å²) in [6.45, 7) is 13.7. The molecule has 0 spiro atoms. The molecule has 1 aliphatic heterocycles. The first-order valence-corrected chi connectivity index (χ1v) is 11.0. The van der Waals surface area contributed by atoms with Gasteiger partial charge in [0.1, 0.15) is 0 Å². The number of nitrogens with zero attached hydrogens (tertiary/aromatic N) is 3. The molecule has 1 fully saturated rings. The van der Waals surface area contributed by atoms with Gasteiger partial charge in [0.05, 0.1) is 12.1 Å². The molecule has 0 aromatic heterocycles. The zero-order valence-electron chi connectivity index (χ0n) is 19.0. The summed E-state index contributed by atoms with van der Waals surface area (Å²) in [7, 11) is 3.68. The lowest BCUT2D eigenvalue weighted by Crippen LogP contribution is -2.43. The fourth-order valence-corrected chi connectivity index (χ4v) is 3.63. The maximum absolute atomic E-state index is 12.3. The van der Waals surface area contributed by atoms with E-state index in [0.29, 0.717) is 5.92 Å². The standard InChI is InChI=1S/C21H43N5O2/c1-7-22-21(24-14-12-19(17(3)4)28-8-2)23-13-10-16-26-15-9-11-18(26)20(27)25(5)6/h17-19H,7-16H2,1-6H3,(H2,22,23,24). The lowest BCUT2D eigenvalue weighted by Gasteiger charge is -2.25. The zero-order chi connectivity index (χ0) is 20.9. The number of rotatable bonds is 12. The van der Waals surface area contributed by atoms with Crippen molar-refractivity contribution in [3.05, 3.63) is 0 Å². The van der Waals surface area contributed by atoms with Crippen molar-refractivity contribution >= 4 is 11.9 Å². The van der Waals surface area contributed by atoms with Gasteiger partial charge in [0.2, 0.25) is 5.91 Å². The number of guanidine groups is 1. The van der Waals surface area contributed by atoms with E-state index >= 15 is 0 Å². The molecular formula is C21H43N5O2. The van der Waals surface area contributed by atoms with Crippen molar-refractivity contribution in [1.82, 2.24) is 20.4 Å². The molecule has 7 nitrogen and oxygen atoms in total. The Balaban J connectivity index is 2.40. The highest BCUT2D eigenvalue weighted by Gasteiger charge is 2.30. The SMILES string of the molecule is CCNC(=NCCCN1CCCC1C(=O)N(C)C)NCCC(OCC)C(C)C. The first kappa shape index (κ1) is 24.7. The minimum atomic E-state index is 0.0527. The van der Waals surface area contributed by atoms with Gasteiger partial charge in [-0.3, -0.25) is 14.7 Å². The Hall–Kier alpha value is -1.34. The molecule has 0 bridgehead atoms. The van der Waals surface area contributed by atoms with Gasteiger partial charge in [0.25, 0.3) is 0 Å². The summed E-state index contributed by atoms with van der Waals surface area (Å²) in [4.78, 5) is 21.0. The number of ether oxygens (including phenoxy) is 1. The summed E-state index contributed by atoms with van der Waals surface area (Å²) in [6, 6.07) is 0.0527. The molecule has 1 aliphatic rings. The number of likely N-dealkylation sites (tertiary alicyclic amines) is 1. The second-order valence-corrected chi connectivity index (χ2v) is 7.99. The maximum atomic E-state index is 12.3. The number of hydrogen-bond donors (Lipinski definition) is 2. The third-order valence-electron chi connectivity index (χ3n) is 5.15. The first-order chi connectivity index (χ1) is 13.4. The minimum absolute atomic E-state index is 0.0527. The summed E-state index contributed by atoms with van der Waals surface area (Å²) in [6.07, 6.45) is 4.29. The Bertz CT molecular complexity index is 468. The fraction of sp³-hybridized carbons (Fsp3) is 0.905. The molecule has 0 aromatic carbocycles. The molecule has 2 atom stereocenters. The molecule has 2 N–H and O–H groups in total. The third-order valence-corrected chi connectivity index (χ3v) is 5.15. The topological polar surface area (TPSA) is 69.2 Å². The molecule has 164 valence electrons. The van der Waals surface area contributed by atoms with Gasteiger partial charge >= 0.3 is 0 Å². The van der Waals surface area contributed by atoms with E-state index in [-0.39, 0.29) is 18.1 Å². The van der Waals surface area contributed by atoms with E-state index in [1.54, 1.807) is 4.90 Å². The van der Waals surface area contributed by atoms with Crippen LogP contribution in [0.2, 0.25) is 0 Å². The number of carbonyl (C=O) groups excluding carboxylic acids is 1. The molecule has 1 heterocycles. The Morgan fingerprint density at radius 3 is 2.64 bits per heavy atom. The van der Waals surface area contributed by atoms with Gasteiger partial charge in [-0.15, -0.1) is 0 Å². The Kier molecular flexibility index (Phi) is 12.1. The molecule has 0 aliphatic carbocycles. The first-order valence-electron chi connectivity index (χ1n) is 11.0. The number of aliphatic imine (C=N–C) groups is 1. The van der Waals surface area contributed by atoms with Crippen LogP contribution in [0.5, 0.6) is 0 Å². The highest BCUT2D eigenvalue weighted by Crippen LogP contribution is 2.18. The highest BCUT2D eigenvalue weighted by molar-refractivity contribution is 5.81. The summed E-state index contributed by atoms with van der Waals surface area (Å²) < 4.78 is 5.81. The van der Waals surface area contributed by atoms with E-state index in [1.165, 1.54) is 0 Å². The van der Waals surface area contributed by atoms with Crippen LogP contribution in [0.1, 0.15) is 53.4 Å². The quantitative estimate of drug-likeness (QED) is 0.299. The van der Waals surface area contributed by atoms with E-state index in [9.17, 15) is 4.79 Å². The van der Waals surface area contributed by atoms with Crippen molar-refractivity contribution in [1.29, 1.82) is 0 Å². The molecular weight excluding hydrogens is 354 g/mol. The van der Waals surface area contributed by atoms with Gasteiger partial charge in [-0.05, 0) is 52.0 Å². The summed E-state index contributed by atoms with van der Waals surface area (Å²) in [5, 5.41) is 6.73. The molecule has 0 radical (unpaired) electrons. The molecule has 7 heteroatoms. The predicted molar refractivity (Wildman–Crippen MR) is 117 cm³/mol. The van der Waals surface area contributed by atoms with Gasteiger partial charge in [-0.2, -0.15) is 0 Å². The molecule has 2 unspecified atom stereocenters. The van der Waals surface area contributed by atoms with Crippen LogP contribution in [0, 0.1) is 5.92 Å². The summed E-state index contributed by atoms with van der Waals surface area (Å²) in [5.74, 6) is 1.61. The van der Waals surface area contributed by atoms with Crippen LogP contribution < -0.4 is 10.6 Å². The van der Waals surface area contributed by atoms with Gasteiger partial charge < -0.3 is 20.3 Å². The van der Waals surface area contributed by atoms with Gasteiger partial charge in [-0.25, -0.2) is 0 Å². The predicted octanol–water partition coefficient (Wildman–Crippen LogP) is 1.94. The summed E-state index contributed by atoms with van der Waals surface area (Å²) >= 11 is 0. The number of amides is 1. The van der Waals surface area contributed by atoms with Crippen LogP contribution in [0.3, 0.4) is 0 Å². The van der Waals surface area contributed by atoms with Gasteiger partial charge in [0.15, 0.2) is 5.96 Å². The van der Waals surface area contributed by atoms with Crippen LogP contribution in [0.4, 0.5) is 0 Å². The van der Waals surface area contributed by atoms with Crippen molar-refractivity contribution in [2.24, 2.45) is 10.9 Å². The van der Waals surface area contributed by atoms with E-state index in [0.717, 1.165) is 71.0 Å². The maximum Gasteiger partial charge on any atom is 0.239 e.